The van der Waals surface area contributed by atoms with Crippen LogP contribution in [-0.2, 0) is 6.42 Å². The zero-order valence-electron chi connectivity index (χ0n) is 10.3. The molecule has 4 rings (SSSR count). The van der Waals surface area contributed by atoms with Gasteiger partial charge in [-0.3, -0.25) is 0 Å². The van der Waals surface area contributed by atoms with Crippen molar-refractivity contribution in [1.82, 2.24) is 10.3 Å². The molecule has 0 amide bonds. The van der Waals surface area contributed by atoms with E-state index in [9.17, 15) is 0 Å². The average molecular weight is 305 g/mol. The first-order chi connectivity index (χ1) is 8.83. The lowest BCUT2D eigenvalue weighted by Crippen LogP contribution is -2.37. The smallest absolute Gasteiger partial charge is 0.0504 e. The number of rotatable bonds is 1. The Bertz CT molecular complexity index is 598. The van der Waals surface area contributed by atoms with Crippen molar-refractivity contribution in [2.24, 2.45) is 5.92 Å². The summed E-state index contributed by atoms with van der Waals surface area (Å²) in [6.45, 7) is 1.12. The van der Waals surface area contributed by atoms with Crippen molar-refractivity contribution in [2.75, 3.05) is 6.54 Å². The molecule has 1 atom stereocenters. The summed E-state index contributed by atoms with van der Waals surface area (Å²) >= 11 is 3.58. The minimum absolute atomic E-state index is 0.564. The standard InChI is InChI=1S/C15H17BrN2/c16-10-4-5-13-12(8-10)11-6-7-17-14(15(11)18-13)9-2-1-3-9/h4-5,8-9,14,17-18H,1-3,6-7H2. The van der Waals surface area contributed by atoms with Crippen LogP contribution in [0, 0.1) is 5.92 Å². The van der Waals surface area contributed by atoms with E-state index in [2.05, 4.69) is 44.4 Å². The van der Waals surface area contributed by atoms with Gasteiger partial charge in [0.05, 0.1) is 6.04 Å². The minimum Gasteiger partial charge on any atom is -0.357 e. The van der Waals surface area contributed by atoms with Crippen molar-refractivity contribution >= 4 is 26.8 Å². The van der Waals surface area contributed by atoms with Crippen LogP contribution < -0.4 is 5.32 Å². The van der Waals surface area contributed by atoms with E-state index < -0.39 is 0 Å². The molecule has 2 N–H and O–H groups in total. The lowest BCUT2D eigenvalue weighted by molar-refractivity contribution is 0.222. The van der Waals surface area contributed by atoms with Crippen molar-refractivity contribution in [3.05, 3.63) is 33.9 Å². The molecule has 18 heavy (non-hydrogen) atoms. The summed E-state index contributed by atoms with van der Waals surface area (Å²) in [5.41, 5.74) is 4.29. The van der Waals surface area contributed by atoms with Crippen LogP contribution in [0.15, 0.2) is 22.7 Å². The largest absolute Gasteiger partial charge is 0.357 e. The number of aromatic amines is 1. The van der Waals surface area contributed by atoms with Crippen molar-refractivity contribution < 1.29 is 0 Å². The molecule has 0 saturated heterocycles. The van der Waals surface area contributed by atoms with E-state index in [0.29, 0.717) is 6.04 Å². The topological polar surface area (TPSA) is 27.8 Å². The normalized spacial score (nSPS) is 23.9. The van der Waals surface area contributed by atoms with Gasteiger partial charge in [-0.25, -0.2) is 0 Å². The van der Waals surface area contributed by atoms with Gasteiger partial charge in [0.25, 0.3) is 0 Å². The van der Waals surface area contributed by atoms with Gasteiger partial charge in [0.2, 0.25) is 0 Å². The zero-order valence-corrected chi connectivity index (χ0v) is 11.9. The molecule has 3 heteroatoms. The summed E-state index contributed by atoms with van der Waals surface area (Å²) in [7, 11) is 0. The van der Waals surface area contributed by atoms with Crippen LogP contribution in [0.4, 0.5) is 0 Å². The van der Waals surface area contributed by atoms with Crippen molar-refractivity contribution in [3.63, 3.8) is 0 Å². The molecule has 1 aliphatic heterocycles. The predicted molar refractivity (Wildman–Crippen MR) is 77.8 cm³/mol. The van der Waals surface area contributed by atoms with Crippen LogP contribution in [0.1, 0.15) is 36.6 Å². The molecule has 0 spiro atoms. The summed E-state index contributed by atoms with van der Waals surface area (Å²) in [4.78, 5) is 3.66. The van der Waals surface area contributed by atoms with E-state index in [1.165, 1.54) is 40.3 Å². The van der Waals surface area contributed by atoms with Gasteiger partial charge in [0.1, 0.15) is 0 Å². The average Bonchev–Trinajstić information content (AvgIpc) is 2.66. The van der Waals surface area contributed by atoms with Crippen LogP contribution >= 0.6 is 15.9 Å². The fourth-order valence-corrected chi connectivity index (χ4v) is 3.77. The lowest BCUT2D eigenvalue weighted by atomic mass is 9.76. The first kappa shape index (κ1) is 11.1. The van der Waals surface area contributed by atoms with Crippen LogP contribution in [0.2, 0.25) is 0 Å². The summed E-state index contributed by atoms with van der Waals surface area (Å²) in [6.07, 6.45) is 5.32. The predicted octanol–water partition coefficient (Wildman–Crippen LogP) is 3.92. The van der Waals surface area contributed by atoms with Crippen molar-refractivity contribution in [2.45, 2.75) is 31.7 Å². The number of halogens is 1. The van der Waals surface area contributed by atoms with Crippen LogP contribution in [-0.4, -0.2) is 11.5 Å². The van der Waals surface area contributed by atoms with Gasteiger partial charge in [-0.15, -0.1) is 0 Å². The first-order valence-corrected chi connectivity index (χ1v) is 7.65. The Kier molecular flexibility index (Phi) is 2.52. The number of hydrogen-bond donors (Lipinski definition) is 2. The zero-order chi connectivity index (χ0) is 12.1. The van der Waals surface area contributed by atoms with Gasteiger partial charge in [0, 0.05) is 21.1 Å². The molecule has 2 nitrogen and oxygen atoms in total. The summed E-state index contributed by atoms with van der Waals surface area (Å²) in [5, 5.41) is 5.12. The first-order valence-electron chi connectivity index (χ1n) is 6.86. The highest BCUT2D eigenvalue weighted by molar-refractivity contribution is 9.10. The quantitative estimate of drug-likeness (QED) is 0.821. The van der Waals surface area contributed by atoms with Gasteiger partial charge in [-0.05, 0) is 55.5 Å². The Labute approximate surface area is 115 Å². The Morgan fingerprint density at radius 1 is 1.22 bits per heavy atom. The van der Waals surface area contributed by atoms with Crippen LogP contribution in [0.25, 0.3) is 10.9 Å². The fraction of sp³-hybridized carbons (Fsp3) is 0.467. The maximum absolute atomic E-state index is 3.71. The molecule has 0 bridgehead atoms. The third-order valence-electron chi connectivity index (χ3n) is 4.57. The highest BCUT2D eigenvalue weighted by Crippen LogP contribution is 2.41. The fourth-order valence-electron chi connectivity index (χ4n) is 3.41. The number of aromatic nitrogens is 1. The third-order valence-corrected chi connectivity index (χ3v) is 5.07. The minimum atomic E-state index is 0.564. The number of H-pyrrole nitrogens is 1. The molecule has 94 valence electrons. The van der Waals surface area contributed by atoms with E-state index in [4.69, 9.17) is 0 Å². The third kappa shape index (κ3) is 1.57. The lowest BCUT2D eigenvalue weighted by Gasteiger charge is -2.36. The highest BCUT2D eigenvalue weighted by atomic mass is 79.9. The van der Waals surface area contributed by atoms with E-state index in [-0.39, 0.29) is 0 Å². The summed E-state index contributed by atoms with van der Waals surface area (Å²) in [5.74, 6) is 0.848. The molecule has 2 aromatic rings. The van der Waals surface area contributed by atoms with Gasteiger partial charge < -0.3 is 10.3 Å². The maximum atomic E-state index is 3.71. The molecule has 1 aliphatic carbocycles. The molecule has 1 fully saturated rings. The van der Waals surface area contributed by atoms with Gasteiger partial charge >= 0.3 is 0 Å². The highest BCUT2D eigenvalue weighted by Gasteiger charge is 2.33. The molecular weight excluding hydrogens is 288 g/mol. The number of fused-ring (bicyclic) bond motifs is 3. The van der Waals surface area contributed by atoms with E-state index >= 15 is 0 Å². The number of hydrogen-bond acceptors (Lipinski definition) is 1. The van der Waals surface area contributed by atoms with Crippen LogP contribution in [0.5, 0.6) is 0 Å². The molecule has 1 saturated carbocycles. The Morgan fingerprint density at radius 3 is 2.89 bits per heavy atom. The van der Waals surface area contributed by atoms with Gasteiger partial charge in [0.15, 0.2) is 0 Å². The SMILES string of the molecule is Brc1ccc2[nH]c3c(c2c1)CCNC3C1CCC1. The molecule has 1 aromatic carbocycles. The Balaban J connectivity index is 1.87. The number of benzene rings is 1. The Morgan fingerprint density at radius 2 is 2.11 bits per heavy atom. The second-order valence-electron chi connectivity index (χ2n) is 5.58. The Hall–Kier alpha value is -0.800. The summed E-state index contributed by atoms with van der Waals surface area (Å²) in [6, 6.07) is 7.13. The summed E-state index contributed by atoms with van der Waals surface area (Å²) < 4.78 is 1.18. The maximum Gasteiger partial charge on any atom is 0.0504 e. The molecule has 2 heterocycles. The molecular formula is C15H17BrN2. The van der Waals surface area contributed by atoms with Crippen molar-refractivity contribution in [1.29, 1.82) is 0 Å². The van der Waals surface area contributed by atoms with Crippen LogP contribution in [0.3, 0.4) is 0 Å². The molecule has 2 aliphatic rings. The monoisotopic (exact) mass is 304 g/mol. The molecule has 1 unspecified atom stereocenters. The molecule has 1 aromatic heterocycles. The van der Waals surface area contributed by atoms with Crippen molar-refractivity contribution in [3.8, 4) is 0 Å². The van der Waals surface area contributed by atoms with E-state index in [0.717, 1.165) is 18.9 Å². The molecule has 0 radical (unpaired) electrons. The van der Waals surface area contributed by atoms with E-state index in [1.54, 1.807) is 5.56 Å². The number of nitrogens with one attached hydrogen (secondary N) is 2. The second kappa shape index (κ2) is 4.10. The second-order valence-corrected chi connectivity index (χ2v) is 6.50. The van der Waals surface area contributed by atoms with Gasteiger partial charge in [-0.1, -0.05) is 22.4 Å². The van der Waals surface area contributed by atoms with E-state index in [1.807, 2.05) is 0 Å². The van der Waals surface area contributed by atoms with Gasteiger partial charge in [-0.2, -0.15) is 0 Å².